The highest BCUT2D eigenvalue weighted by Gasteiger charge is 2.59. The van der Waals surface area contributed by atoms with Crippen LogP contribution in [0.15, 0.2) is 90.4 Å². The molecule has 1 N–H and O–H groups in total. The second-order valence-electron chi connectivity index (χ2n) is 18.0. The second-order valence-corrected chi connectivity index (χ2v) is 20.3. The molecule has 3 aromatic carbocycles. The Labute approximate surface area is 367 Å². The Morgan fingerprint density at radius 1 is 0.953 bits per heavy atom. The molecule has 1 saturated heterocycles. The van der Waals surface area contributed by atoms with Gasteiger partial charge in [-0.15, -0.1) is 0 Å². The summed E-state index contributed by atoms with van der Waals surface area (Å²) in [6, 6.07) is 16.7. The number of aromatic amines is 1. The van der Waals surface area contributed by atoms with E-state index in [-0.39, 0.29) is 23.3 Å². The van der Waals surface area contributed by atoms with Gasteiger partial charge in [0.25, 0.3) is 5.91 Å². The van der Waals surface area contributed by atoms with E-state index in [1.54, 1.807) is 70.6 Å². The van der Waals surface area contributed by atoms with Crippen molar-refractivity contribution < 1.29 is 22.7 Å². The van der Waals surface area contributed by atoms with Crippen LogP contribution in [-0.2, 0) is 32.8 Å². The van der Waals surface area contributed by atoms with Gasteiger partial charge in [0.1, 0.15) is 22.9 Å². The number of fused-ring (bicyclic) bond motifs is 3. The maximum Gasteiger partial charge on any atom is 0.438 e. The first kappa shape index (κ1) is 40.4. The van der Waals surface area contributed by atoms with Gasteiger partial charge in [0.15, 0.2) is 5.82 Å². The third-order valence-electron chi connectivity index (χ3n) is 14.1. The van der Waals surface area contributed by atoms with Crippen molar-refractivity contribution in [3.8, 4) is 17.2 Å². The van der Waals surface area contributed by atoms with Crippen molar-refractivity contribution >= 4 is 26.5 Å². The van der Waals surface area contributed by atoms with Crippen molar-refractivity contribution in [1.29, 1.82) is 0 Å². The number of aryl methyl sites for hydroxylation is 2. The van der Waals surface area contributed by atoms with Gasteiger partial charge < -0.3 is 14.2 Å². The first-order chi connectivity index (χ1) is 30.7. The number of nitrogens with zero attached hydrogens (tertiary/aromatic N) is 8. The van der Waals surface area contributed by atoms with Crippen LogP contribution in [0.25, 0.3) is 28.1 Å². The second kappa shape index (κ2) is 14.6. The van der Waals surface area contributed by atoms with Crippen molar-refractivity contribution in [3.05, 3.63) is 139 Å². The molecule has 2 fully saturated rings. The zero-order valence-corrected chi connectivity index (χ0v) is 37.1. The molecule has 4 aromatic heterocycles. The lowest BCUT2D eigenvalue weighted by atomic mass is 9.91. The summed E-state index contributed by atoms with van der Waals surface area (Å²) in [5.74, 6) is -0.0374. The molecular weight excluding hydrogens is 838 g/mol. The Balaban J connectivity index is 1.05. The van der Waals surface area contributed by atoms with Crippen LogP contribution in [-0.4, -0.2) is 81.2 Å². The number of halogens is 1. The quantitative estimate of drug-likeness (QED) is 0.186. The van der Waals surface area contributed by atoms with Crippen molar-refractivity contribution in [1.82, 2.24) is 38.5 Å². The van der Waals surface area contributed by atoms with Crippen molar-refractivity contribution in [2.75, 3.05) is 32.6 Å². The van der Waals surface area contributed by atoms with E-state index in [1.165, 1.54) is 5.56 Å². The van der Waals surface area contributed by atoms with Crippen LogP contribution in [0.3, 0.4) is 0 Å². The Kier molecular flexibility index (Phi) is 9.23. The topological polar surface area (TPSA) is 168 Å². The molecule has 7 aromatic rings. The normalized spacial score (nSPS) is 23.2. The first-order valence-corrected chi connectivity index (χ1v) is 23.8. The summed E-state index contributed by atoms with van der Waals surface area (Å²) in [6.07, 6.45) is 8.48. The fourth-order valence-corrected chi connectivity index (χ4v) is 12.2. The number of rotatable bonds is 7. The third-order valence-corrected chi connectivity index (χ3v) is 16.0. The molecule has 1 amide bonds. The van der Waals surface area contributed by atoms with E-state index in [1.807, 2.05) is 28.5 Å². The van der Waals surface area contributed by atoms with E-state index in [2.05, 4.69) is 39.6 Å². The highest BCUT2D eigenvalue weighted by atomic mass is 32.2. The van der Waals surface area contributed by atoms with E-state index in [9.17, 15) is 13.8 Å². The van der Waals surface area contributed by atoms with Crippen LogP contribution in [0.2, 0.25) is 0 Å². The molecule has 0 unspecified atom stereocenters. The third kappa shape index (κ3) is 6.14. The Bertz CT molecular complexity index is 3310. The Morgan fingerprint density at radius 2 is 1.70 bits per heavy atom. The monoisotopic (exact) mass is 885 g/mol. The summed E-state index contributed by atoms with van der Waals surface area (Å²) < 4.78 is 50.2. The molecule has 11 rings (SSSR count). The average molecular weight is 886 g/mol. The van der Waals surface area contributed by atoms with Gasteiger partial charge in [0, 0.05) is 61.3 Å². The van der Waals surface area contributed by atoms with Crippen LogP contribution >= 0.6 is 0 Å². The maximum absolute atomic E-state index is 15.5. The minimum atomic E-state index is -2.53. The van der Waals surface area contributed by atoms with Crippen LogP contribution < -0.4 is 11.4 Å². The predicted molar refractivity (Wildman–Crippen MR) is 237 cm³/mol. The van der Waals surface area contributed by atoms with E-state index >= 15 is 9.18 Å². The number of ether oxygens (including phenoxy) is 1. The molecule has 4 atom stereocenters. The standard InChI is InChI=1S/C47H48FN9O6S/c1-26-20-35(21-27(2)41(26)48)57-42(55-17-16-54(46(55)60)34-7-9-39-32(23-34)10-14-49-64(39,5)61)40-29(4)53(15-11-36(40)51-57)43(58)38-24-33-22-31(30-12-18-62-19-13-30)6-8-37(33)56(38)47(25-28(47)3)44-50-45(59)63-52-44/h6-9,16-17,20-24,28-30H,10-15,18-19,25H2,1-5H3,(H,50,52,59)/t28-,29-,47-,64+/m0/s1. The van der Waals surface area contributed by atoms with Crippen molar-refractivity contribution in [2.24, 2.45) is 10.3 Å². The number of carbonyl (C=O) groups is 1. The van der Waals surface area contributed by atoms with Gasteiger partial charge in [-0.3, -0.25) is 23.4 Å². The minimum Gasteiger partial charge on any atom is -0.381 e. The van der Waals surface area contributed by atoms with Crippen LogP contribution in [0, 0.1) is 25.6 Å². The molecule has 1 aliphatic carbocycles. The fourth-order valence-electron chi connectivity index (χ4n) is 10.6. The van der Waals surface area contributed by atoms with Crippen molar-refractivity contribution in [3.63, 3.8) is 0 Å². The smallest absolute Gasteiger partial charge is 0.381 e. The highest BCUT2D eigenvalue weighted by molar-refractivity contribution is 7.93. The number of benzene rings is 3. The summed E-state index contributed by atoms with van der Waals surface area (Å²) in [5.41, 5.74) is 5.63. The van der Waals surface area contributed by atoms with Gasteiger partial charge in [-0.1, -0.05) is 18.1 Å². The van der Waals surface area contributed by atoms with Gasteiger partial charge >= 0.3 is 11.4 Å². The average Bonchev–Trinajstić information content (AvgIpc) is 3.78. The number of nitrogens with one attached hydrogen (secondary N) is 1. The highest BCUT2D eigenvalue weighted by Crippen LogP contribution is 2.56. The van der Waals surface area contributed by atoms with Gasteiger partial charge in [0.05, 0.1) is 44.3 Å². The number of H-pyrrole nitrogens is 1. The first-order valence-electron chi connectivity index (χ1n) is 21.9. The number of hydrogen-bond donors (Lipinski definition) is 1. The number of imidazole rings is 1. The molecule has 3 aliphatic heterocycles. The molecule has 15 nitrogen and oxygen atoms in total. The zero-order valence-electron chi connectivity index (χ0n) is 36.3. The molecule has 1 saturated carbocycles. The molecule has 0 bridgehead atoms. The molecular formula is C47H48FN9O6S. The molecule has 0 radical (unpaired) electrons. The minimum absolute atomic E-state index is 0.0236. The summed E-state index contributed by atoms with van der Waals surface area (Å²) in [5, 5.41) is 10.2. The maximum atomic E-state index is 15.5. The van der Waals surface area contributed by atoms with E-state index in [4.69, 9.17) is 14.4 Å². The summed E-state index contributed by atoms with van der Waals surface area (Å²) in [6.45, 7) is 9.60. The van der Waals surface area contributed by atoms with Gasteiger partial charge in [-0.2, -0.15) is 5.10 Å². The predicted octanol–water partition coefficient (Wildman–Crippen LogP) is 6.65. The van der Waals surface area contributed by atoms with Crippen LogP contribution in [0.1, 0.15) is 94.9 Å². The SMILES string of the molecule is Cc1cc(-n2nc3c(c2-n2ccn(-c4ccc5c(c4)CCN=[S@]5(C)=O)c2=O)[C@H](C)N(C(=O)c2cc4cc(C5CCOCC5)ccc4n2[C@@]2(c4noc(=O)[nH]4)C[C@@H]2C)CC3)cc(C)c1F. The summed E-state index contributed by atoms with van der Waals surface area (Å²) >= 11 is 0. The van der Waals surface area contributed by atoms with Gasteiger partial charge in [-0.25, -0.2) is 27.2 Å². The lowest BCUT2D eigenvalue weighted by Crippen LogP contribution is -2.41. The number of amides is 1. The molecule has 17 heteroatoms. The lowest BCUT2D eigenvalue weighted by Gasteiger charge is -2.34. The Hall–Kier alpha value is -6.33. The Morgan fingerprint density at radius 3 is 2.42 bits per heavy atom. The van der Waals surface area contributed by atoms with Gasteiger partial charge in [-0.05, 0) is 129 Å². The lowest BCUT2D eigenvalue weighted by molar-refractivity contribution is 0.0663. The van der Waals surface area contributed by atoms with E-state index < -0.39 is 27.1 Å². The van der Waals surface area contributed by atoms with Crippen LogP contribution in [0.5, 0.6) is 0 Å². The van der Waals surface area contributed by atoms with E-state index in [0.717, 1.165) is 35.0 Å². The van der Waals surface area contributed by atoms with Gasteiger partial charge in [0.2, 0.25) is 0 Å². The molecule has 64 heavy (non-hydrogen) atoms. The summed E-state index contributed by atoms with van der Waals surface area (Å²) in [7, 11) is -2.53. The number of carbonyl (C=O) groups excluding carboxylic acids is 1. The van der Waals surface area contributed by atoms with E-state index in [0.29, 0.717) is 102 Å². The zero-order chi connectivity index (χ0) is 44.4. The molecule has 4 aliphatic rings. The summed E-state index contributed by atoms with van der Waals surface area (Å²) in [4.78, 5) is 48.0. The van der Waals surface area contributed by atoms with Crippen LogP contribution in [0.4, 0.5) is 4.39 Å². The largest absolute Gasteiger partial charge is 0.438 e. The molecule has 330 valence electrons. The molecule has 0 spiro atoms. The number of hydrogen-bond acceptors (Lipinski definition) is 9. The number of aromatic nitrogens is 7. The fraction of sp³-hybridized carbons (Fsp3) is 0.383. The van der Waals surface area contributed by atoms with Crippen molar-refractivity contribution in [2.45, 2.75) is 82.2 Å². The molecule has 7 heterocycles.